The van der Waals surface area contributed by atoms with Crippen molar-refractivity contribution < 1.29 is 64.3 Å². The van der Waals surface area contributed by atoms with Crippen LogP contribution < -0.4 is 62.6 Å². The summed E-state index contributed by atoms with van der Waals surface area (Å²) < 4.78 is 39.2. The number of rotatable bonds is 3. The number of hydrogen-bond donors (Lipinski definition) is 1. The zero-order chi connectivity index (χ0) is 14.1. The summed E-state index contributed by atoms with van der Waals surface area (Å²) in [6.07, 6.45) is 0. The van der Waals surface area contributed by atoms with Gasteiger partial charge in [-0.1, -0.05) is 16.2 Å². The molecule has 0 aliphatic carbocycles. The Kier molecular flexibility index (Phi) is 7.12. The van der Waals surface area contributed by atoms with Gasteiger partial charge in [-0.15, -0.1) is 5.46 Å². The summed E-state index contributed by atoms with van der Waals surface area (Å²) in [6, 6.07) is 0. The monoisotopic (exact) mass is 296 g/mol. The molecule has 4 nitrogen and oxygen atoms in total. The van der Waals surface area contributed by atoms with E-state index in [1.165, 1.54) is 13.8 Å². The van der Waals surface area contributed by atoms with E-state index < -0.39 is 12.4 Å². The van der Waals surface area contributed by atoms with Crippen LogP contribution in [0.5, 0.6) is 0 Å². The van der Waals surface area contributed by atoms with Crippen LogP contribution in [0.4, 0.5) is 18.6 Å². The van der Waals surface area contributed by atoms with Crippen LogP contribution in [-0.2, 0) is 6.54 Å². The van der Waals surface area contributed by atoms with Gasteiger partial charge in [-0.25, -0.2) is 0 Å². The van der Waals surface area contributed by atoms with E-state index in [4.69, 9.17) is 11.3 Å². The third-order valence-corrected chi connectivity index (χ3v) is 3.10. The Morgan fingerprint density at radius 1 is 1.16 bits per heavy atom. The van der Waals surface area contributed by atoms with Gasteiger partial charge in [0.25, 0.3) is 0 Å². The molecule has 0 spiro atoms. The van der Waals surface area contributed by atoms with Crippen molar-refractivity contribution in [2.45, 2.75) is 27.3 Å². The largest absolute Gasteiger partial charge is 1.00 e. The predicted octanol–water partition coefficient (Wildman–Crippen LogP) is 0.0708. The molecule has 2 N–H and O–H groups in total. The van der Waals surface area contributed by atoms with E-state index >= 15 is 0 Å². The van der Waals surface area contributed by atoms with E-state index in [0.717, 1.165) is 0 Å². The Bertz CT molecular complexity index is 539. The molecule has 0 saturated heterocycles. The first-order valence-corrected chi connectivity index (χ1v) is 5.33. The Balaban J connectivity index is 0.00000324. The molecule has 1 aromatic carbocycles. The molecule has 0 amide bonds. The van der Waals surface area contributed by atoms with Crippen molar-refractivity contribution in [3.8, 4) is 0 Å². The maximum absolute atomic E-state index is 13.1. The van der Waals surface area contributed by atoms with Crippen LogP contribution in [0.15, 0.2) is 5.11 Å². The molecular formula is C10H13BF3KN4. The molecule has 0 radical (unpaired) electrons. The topological polar surface area (TPSA) is 74.8 Å². The Hall–Kier alpha value is -0.0187. The van der Waals surface area contributed by atoms with Gasteiger partial charge in [-0.05, 0) is 37.4 Å². The molecule has 0 heterocycles. The SMILES string of the molecule is Cc1c(CN)c(C)c([B-](F)(F)F)c(C)c1N=[N+]=[N-].[K+]. The summed E-state index contributed by atoms with van der Waals surface area (Å²) in [6.45, 7) is -0.871. The van der Waals surface area contributed by atoms with E-state index in [9.17, 15) is 12.9 Å². The molecule has 9 heteroatoms. The zero-order valence-electron chi connectivity index (χ0n) is 11.3. The summed E-state index contributed by atoms with van der Waals surface area (Å²) in [4.78, 5) is 2.58. The predicted molar refractivity (Wildman–Crippen MR) is 66.1 cm³/mol. The average molecular weight is 296 g/mol. The summed E-state index contributed by atoms with van der Waals surface area (Å²) in [5, 5.41) is 3.36. The average Bonchev–Trinajstić information content (AvgIpc) is 2.23. The number of benzene rings is 1. The molecule has 0 aliphatic rings. The van der Waals surface area contributed by atoms with Crippen LogP contribution in [0.3, 0.4) is 0 Å². The summed E-state index contributed by atoms with van der Waals surface area (Å²) in [5.74, 6) is 0. The van der Waals surface area contributed by atoms with Gasteiger partial charge in [-0.3, -0.25) is 0 Å². The van der Waals surface area contributed by atoms with Gasteiger partial charge >= 0.3 is 58.4 Å². The molecule has 19 heavy (non-hydrogen) atoms. The van der Waals surface area contributed by atoms with Crippen molar-refractivity contribution in [3.05, 3.63) is 32.7 Å². The Morgan fingerprint density at radius 2 is 1.68 bits per heavy atom. The number of hydrogen-bond acceptors (Lipinski definition) is 2. The molecule has 0 bridgehead atoms. The fraction of sp³-hybridized carbons (Fsp3) is 0.400. The van der Waals surface area contributed by atoms with E-state index in [-0.39, 0.29) is 74.7 Å². The minimum absolute atomic E-state index is 0. The molecule has 0 fully saturated rings. The van der Waals surface area contributed by atoms with E-state index in [0.29, 0.717) is 11.1 Å². The van der Waals surface area contributed by atoms with Crippen LogP contribution in [0.1, 0.15) is 22.3 Å². The first-order valence-electron chi connectivity index (χ1n) is 5.33. The van der Waals surface area contributed by atoms with Gasteiger partial charge < -0.3 is 18.7 Å². The fourth-order valence-corrected chi connectivity index (χ4v) is 2.27. The zero-order valence-corrected chi connectivity index (χ0v) is 14.5. The second-order valence-electron chi connectivity index (χ2n) is 4.08. The second kappa shape index (κ2) is 7.12. The van der Waals surface area contributed by atoms with E-state index in [1.807, 2.05) is 0 Å². The van der Waals surface area contributed by atoms with Gasteiger partial charge in [-0.2, -0.15) is 0 Å². The molecule has 0 aliphatic heterocycles. The fourth-order valence-electron chi connectivity index (χ4n) is 2.27. The first-order chi connectivity index (χ1) is 8.25. The summed E-state index contributed by atoms with van der Waals surface area (Å²) in [7, 11) is 0. The Morgan fingerprint density at radius 3 is 2.05 bits per heavy atom. The first kappa shape index (κ1) is 19.0. The third kappa shape index (κ3) is 3.75. The van der Waals surface area contributed by atoms with Gasteiger partial charge in [0.15, 0.2) is 0 Å². The molecule has 98 valence electrons. The van der Waals surface area contributed by atoms with Crippen molar-refractivity contribution in [2.75, 3.05) is 0 Å². The summed E-state index contributed by atoms with van der Waals surface area (Å²) in [5.41, 5.74) is 14.2. The normalized spacial score (nSPS) is 10.7. The summed E-state index contributed by atoms with van der Waals surface area (Å²) >= 11 is 0. The number of azide groups is 1. The van der Waals surface area contributed by atoms with Crippen molar-refractivity contribution in [1.82, 2.24) is 0 Å². The Labute approximate surface area is 152 Å². The molecule has 1 aromatic rings. The minimum Gasteiger partial charge on any atom is -0.445 e. The van der Waals surface area contributed by atoms with Crippen molar-refractivity contribution in [2.24, 2.45) is 10.8 Å². The minimum atomic E-state index is -5.17. The van der Waals surface area contributed by atoms with Crippen LogP contribution in [0.2, 0.25) is 0 Å². The van der Waals surface area contributed by atoms with Crippen molar-refractivity contribution in [3.63, 3.8) is 0 Å². The number of halogens is 3. The maximum atomic E-state index is 13.1. The van der Waals surface area contributed by atoms with Crippen LogP contribution >= 0.6 is 0 Å². The molecule has 0 unspecified atom stereocenters. The van der Waals surface area contributed by atoms with E-state index in [2.05, 4.69) is 10.0 Å². The van der Waals surface area contributed by atoms with Gasteiger partial charge in [0.2, 0.25) is 0 Å². The number of nitrogens with two attached hydrogens (primary N) is 1. The quantitative estimate of drug-likeness (QED) is 0.364. The van der Waals surface area contributed by atoms with Crippen LogP contribution in [-0.4, -0.2) is 6.98 Å². The van der Waals surface area contributed by atoms with Gasteiger partial charge in [0.05, 0.1) is 0 Å². The van der Waals surface area contributed by atoms with Gasteiger partial charge in [0, 0.05) is 17.1 Å². The molecule has 0 saturated carbocycles. The third-order valence-electron chi connectivity index (χ3n) is 3.10. The van der Waals surface area contributed by atoms with Crippen LogP contribution in [0, 0.1) is 20.8 Å². The molecule has 1 rings (SSSR count). The smallest absolute Gasteiger partial charge is 0.445 e. The van der Waals surface area contributed by atoms with Crippen molar-refractivity contribution >= 4 is 18.1 Å². The number of nitrogens with zero attached hydrogens (tertiary/aromatic N) is 3. The van der Waals surface area contributed by atoms with Crippen molar-refractivity contribution in [1.29, 1.82) is 0 Å². The molecular weight excluding hydrogens is 283 g/mol. The molecule has 0 atom stereocenters. The molecule has 0 aromatic heterocycles. The van der Waals surface area contributed by atoms with Gasteiger partial charge in [0.1, 0.15) is 0 Å². The maximum Gasteiger partial charge on any atom is 1.00 e. The van der Waals surface area contributed by atoms with E-state index in [1.54, 1.807) is 6.92 Å². The second-order valence-corrected chi connectivity index (χ2v) is 4.08. The standard InChI is InChI=1S/C10H13BF3N4.K/c1-5-8(4-15)6(2)10(17-18-16)7(3)9(5)11(12,13)14;/h4,15H2,1-3H3;/q-1;+1. The van der Waals surface area contributed by atoms with Crippen LogP contribution in [0.25, 0.3) is 10.4 Å².